The summed E-state index contributed by atoms with van der Waals surface area (Å²) in [5.41, 5.74) is 0. The summed E-state index contributed by atoms with van der Waals surface area (Å²) in [6, 6.07) is 0. The molecular weight excluding hydrogens is 336 g/mol. The molecule has 0 aromatic carbocycles. The monoisotopic (exact) mass is 368 g/mol. The van der Waals surface area contributed by atoms with Crippen LogP contribution in [0.25, 0.3) is 0 Å². The van der Waals surface area contributed by atoms with Crippen molar-refractivity contribution in [1.82, 2.24) is 0 Å². The molecule has 6 nitrogen and oxygen atoms in total. The molecule has 6 heteroatoms. The minimum absolute atomic E-state index is 0.0512. The molecule has 0 spiro atoms. The predicted molar refractivity (Wildman–Crippen MR) is 94.5 cm³/mol. The highest BCUT2D eigenvalue weighted by Gasteiger charge is 2.29. The largest absolute Gasteiger partial charge is 0.463 e. The number of hydrogen-bond donors (Lipinski definition) is 0. The van der Waals surface area contributed by atoms with E-state index in [0.29, 0.717) is 26.4 Å². The number of ether oxygens (including phenoxy) is 4. The van der Waals surface area contributed by atoms with Crippen LogP contribution in [-0.4, -0.2) is 50.6 Å². The molecule has 26 heavy (non-hydrogen) atoms. The zero-order chi connectivity index (χ0) is 18.2. The van der Waals surface area contributed by atoms with Gasteiger partial charge in [0.05, 0.1) is 25.0 Å². The summed E-state index contributed by atoms with van der Waals surface area (Å²) in [6.07, 6.45) is 10.0. The first-order valence-electron chi connectivity index (χ1n) is 10.3. The summed E-state index contributed by atoms with van der Waals surface area (Å²) < 4.78 is 21.0. The topological polar surface area (TPSA) is 77.7 Å². The summed E-state index contributed by atoms with van der Waals surface area (Å²) in [5.74, 6) is -0.292. The first-order chi connectivity index (χ1) is 12.7. The Morgan fingerprint density at radius 3 is 1.46 bits per heavy atom. The minimum Gasteiger partial charge on any atom is -0.463 e. The van der Waals surface area contributed by atoms with Crippen LogP contribution in [0.15, 0.2) is 0 Å². The summed E-state index contributed by atoms with van der Waals surface area (Å²) in [4.78, 5) is 24.7. The lowest BCUT2D eigenvalue weighted by molar-refractivity contribution is -0.149. The van der Waals surface area contributed by atoms with Gasteiger partial charge in [-0.3, -0.25) is 9.59 Å². The SMILES string of the molecule is O=C(OCC1CO1)C1CCCCCCCC(C(=O)OCC2CO2)CCC1. The van der Waals surface area contributed by atoms with Gasteiger partial charge in [-0.2, -0.15) is 0 Å². The van der Waals surface area contributed by atoms with E-state index in [1.54, 1.807) is 0 Å². The molecule has 0 aromatic rings. The van der Waals surface area contributed by atoms with E-state index in [4.69, 9.17) is 18.9 Å². The Morgan fingerprint density at radius 1 is 0.654 bits per heavy atom. The highest BCUT2D eigenvalue weighted by Crippen LogP contribution is 2.26. The zero-order valence-electron chi connectivity index (χ0n) is 15.7. The highest BCUT2D eigenvalue weighted by molar-refractivity contribution is 5.73. The standard InChI is InChI=1S/C20H32O6/c21-19(25-13-17-11-23-17)15-7-4-2-1-3-5-8-16(10-6-9-15)20(22)26-14-18-12-24-18/h15-18H,1-14H2. The van der Waals surface area contributed by atoms with E-state index in [-0.39, 0.29) is 36.0 Å². The van der Waals surface area contributed by atoms with Crippen LogP contribution >= 0.6 is 0 Å². The first-order valence-corrected chi connectivity index (χ1v) is 10.3. The van der Waals surface area contributed by atoms with Crippen LogP contribution in [0.2, 0.25) is 0 Å². The third-order valence-electron chi connectivity index (χ3n) is 5.50. The Balaban J connectivity index is 1.46. The molecular formula is C20H32O6. The van der Waals surface area contributed by atoms with Crippen molar-refractivity contribution >= 4 is 11.9 Å². The molecule has 2 saturated heterocycles. The Hall–Kier alpha value is -1.14. The van der Waals surface area contributed by atoms with E-state index in [1.165, 1.54) is 0 Å². The van der Waals surface area contributed by atoms with E-state index in [0.717, 1.165) is 64.2 Å². The lowest BCUT2D eigenvalue weighted by Crippen LogP contribution is -2.23. The van der Waals surface area contributed by atoms with Gasteiger partial charge in [0.2, 0.25) is 0 Å². The van der Waals surface area contributed by atoms with Crippen molar-refractivity contribution in [2.24, 2.45) is 11.8 Å². The van der Waals surface area contributed by atoms with Crippen LogP contribution in [0.4, 0.5) is 0 Å². The second-order valence-electron chi connectivity index (χ2n) is 7.84. The lowest BCUT2D eigenvalue weighted by Gasteiger charge is -2.20. The second-order valence-corrected chi connectivity index (χ2v) is 7.84. The van der Waals surface area contributed by atoms with E-state index in [2.05, 4.69) is 0 Å². The Kier molecular flexibility index (Phi) is 7.74. The van der Waals surface area contributed by atoms with Crippen molar-refractivity contribution in [3.05, 3.63) is 0 Å². The van der Waals surface area contributed by atoms with Gasteiger partial charge < -0.3 is 18.9 Å². The summed E-state index contributed by atoms with van der Waals surface area (Å²) >= 11 is 0. The van der Waals surface area contributed by atoms with Crippen molar-refractivity contribution in [2.45, 2.75) is 76.4 Å². The summed E-state index contributed by atoms with van der Waals surface area (Å²) in [7, 11) is 0. The highest BCUT2D eigenvalue weighted by atomic mass is 16.6. The maximum Gasteiger partial charge on any atom is 0.309 e. The molecule has 0 aromatic heterocycles. The average Bonchev–Trinajstić information content (AvgIpc) is 3.53. The lowest BCUT2D eigenvalue weighted by atomic mass is 9.89. The van der Waals surface area contributed by atoms with Crippen LogP contribution < -0.4 is 0 Å². The fraction of sp³-hybridized carbons (Fsp3) is 0.900. The number of carbonyl (C=O) groups is 2. The minimum atomic E-state index is -0.0948. The van der Waals surface area contributed by atoms with E-state index in [1.807, 2.05) is 0 Å². The molecule has 1 aliphatic carbocycles. The number of hydrogen-bond acceptors (Lipinski definition) is 6. The Labute approximate surface area is 155 Å². The Morgan fingerprint density at radius 2 is 1.04 bits per heavy atom. The third kappa shape index (κ3) is 7.23. The van der Waals surface area contributed by atoms with Gasteiger partial charge in [0.1, 0.15) is 25.4 Å². The van der Waals surface area contributed by atoms with Crippen LogP contribution in [0.5, 0.6) is 0 Å². The molecule has 0 amide bonds. The van der Waals surface area contributed by atoms with E-state index >= 15 is 0 Å². The number of rotatable bonds is 6. The van der Waals surface area contributed by atoms with Gasteiger partial charge >= 0.3 is 11.9 Å². The number of esters is 2. The van der Waals surface area contributed by atoms with Crippen LogP contribution in [0.1, 0.15) is 64.2 Å². The second kappa shape index (κ2) is 10.3. The van der Waals surface area contributed by atoms with Crippen LogP contribution in [-0.2, 0) is 28.5 Å². The van der Waals surface area contributed by atoms with Crippen LogP contribution in [0, 0.1) is 11.8 Å². The van der Waals surface area contributed by atoms with Crippen LogP contribution in [0.3, 0.4) is 0 Å². The third-order valence-corrected chi connectivity index (χ3v) is 5.50. The molecule has 3 fully saturated rings. The van der Waals surface area contributed by atoms with Gasteiger partial charge in [0.15, 0.2) is 0 Å². The summed E-state index contributed by atoms with van der Waals surface area (Å²) in [5, 5.41) is 0. The van der Waals surface area contributed by atoms with Crippen molar-refractivity contribution < 1.29 is 28.5 Å². The van der Waals surface area contributed by atoms with Crippen molar-refractivity contribution in [2.75, 3.05) is 26.4 Å². The van der Waals surface area contributed by atoms with E-state index < -0.39 is 0 Å². The van der Waals surface area contributed by atoms with Gasteiger partial charge in [-0.15, -0.1) is 0 Å². The van der Waals surface area contributed by atoms with E-state index in [9.17, 15) is 9.59 Å². The van der Waals surface area contributed by atoms with Gasteiger partial charge in [0.25, 0.3) is 0 Å². The van der Waals surface area contributed by atoms with Crippen molar-refractivity contribution in [3.8, 4) is 0 Å². The molecule has 4 atom stereocenters. The zero-order valence-corrected chi connectivity index (χ0v) is 15.7. The summed E-state index contributed by atoms with van der Waals surface area (Å²) in [6.45, 7) is 2.17. The van der Waals surface area contributed by atoms with Crippen molar-refractivity contribution in [3.63, 3.8) is 0 Å². The molecule has 3 aliphatic rings. The van der Waals surface area contributed by atoms with Crippen molar-refractivity contribution in [1.29, 1.82) is 0 Å². The molecule has 0 bridgehead atoms. The van der Waals surface area contributed by atoms with Gasteiger partial charge in [-0.1, -0.05) is 38.5 Å². The molecule has 2 heterocycles. The smallest absolute Gasteiger partial charge is 0.309 e. The number of carbonyl (C=O) groups excluding carboxylic acids is 2. The van der Waals surface area contributed by atoms with Gasteiger partial charge in [0, 0.05) is 0 Å². The quantitative estimate of drug-likeness (QED) is 0.530. The van der Waals surface area contributed by atoms with Gasteiger partial charge in [-0.05, 0) is 25.7 Å². The first kappa shape index (κ1) is 19.6. The fourth-order valence-electron chi connectivity index (χ4n) is 3.60. The maximum atomic E-state index is 12.4. The molecule has 148 valence electrons. The molecule has 0 radical (unpaired) electrons. The molecule has 2 aliphatic heterocycles. The predicted octanol–water partition coefficient (Wildman–Crippen LogP) is 3.02. The number of epoxide rings is 2. The average molecular weight is 368 g/mol. The fourth-order valence-corrected chi connectivity index (χ4v) is 3.60. The molecule has 4 unspecified atom stereocenters. The molecule has 3 rings (SSSR count). The molecule has 1 saturated carbocycles. The Bertz CT molecular complexity index is 417. The maximum absolute atomic E-state index is 12.4. The molecule has 0 N–H and O–H groups in total. The van der Waals surface area contributed by atoms with Gasteiger partial charge in [-0.25, -0.2) is 0 Å². The normalized spacial score (nSPS) is 32.6.